The molecule has 96 valence electrons. The summed E-state index contributed by atoms with van der Waals surface area (Å²) in [5.74, 6) is 0.424. The highest BCUT2D eigenvalue weighted by Crippen LogP contribution is 2.08. The van der Waals surface area contributed by atoms with Crippen LogP contribution in [0, 0.1) is 6.92 Å². The van der Waals surface area contributed by atoms with Crippen molar-refractivity contribution in [3.05, 3.63) is 23.7 Å². The van der Waals surface area contributed by atoms with E-state index in [1.165, 1.54) is 6.26 Å². The van der Waals surface area contributed by atoms with E-state index in [9.17, 15) is 4.79 Å². The van der Waals surface area contributed by atoms with Crippen LogP contribution >= 0.6 is 0 Å². The van der Waals surface area contributed by atoms with Gasteiger partial charge in [-0.25, -0.2) is 0 Å². The maximum atomic E-state index is 11.8. The van der Waals surface area contributed by atoms with Gasteiger partial charge in [0.25, 0.3) is 5.91 Å². The van der Waals surface area contributed by atoms with Gasteiger partial charge in [-0.15, -0.1) is 0 Å². The standard InChI is InChI=1S/C12H19NO4/c1-4-15-11(16-5-2)8-13-12(14)10-6-7-17-9(10)3/h6-7,11H,4-5,8H2,1-3H3,(H,13,14). The molecule has 0 spiro atoms. The van der Waals surface area contributed by atoms with E-state index >= 15 is 0 Å². The second kappa shape index (κ2) is 7.09. The van der Waals surface area contributed by atoms with Gasteiger partial charge in [0.15, 0.2) is 6.29 Å². The van der Waals surface area contributed by atoms with Crippen molar-refractivity contribution >= 4 is 5.91 Å². The van der Waals surface area contributed by atoms with Crippen LogP contribution in [0.5, 0.6) is 0 Å². The number of rotatable bonds is 7. The average molecular weight is 241 g/mol. The quantitative estimate of drug-likeness (QED) is 0.738. The van der Waals surface area contributed by atoms with Gasteiger partial charge >= 0.3 is 0 Å². The van der Waals surface area contributed by atoms with E-state index in [-0.39, 0.29) is 5.91 Å². The molecule has 0 fully saturated rings. The van der Waals surface area contributed by atoms with Crippen LogP contribution in [0.2, 0.25) is 0 Å². The lowest BCUT2D eigenvalue weighted by Crippen LogP contribution is -2.35. The maximum absolute atomic E-state index is 11.8. The lowest BCUT2D eigenvalue weighted by atomic mass is 10.2. The van der Waals surface area contributed by atoms with E-state index in [0.717, 1.165) is 0 Å². The zero-order valence-electron chi connectivity index (χ0n) is 10.5. The molecule has 1 heterocycles. The second-order valence-electron chi connectivity index (χ2n) is 3.44. The molecule has 0 radical (unpaired) electrons. The Morgan fingerprint density at radius 1 is 1.41 bits per heavy atom. The molecule has 0 saturated heterocycles. The van der Waals surface area contributed by atoms with Crippen molar-refractivity contribution in [3.63, 3.8) is 0 Å². The van der Waals surface area contributed by atoms with Crippen molar-refractivity contribution in [1.82, 2.24) is 5.32 Å². The molecule has 0 aliphatic heterocycles. The van der Waals surface area contributed by atoms with Crippen molar-refractivity contribution in [2.75, 3.05) is 19.8 Å². The van der Waals surface area contributed by atoms with E-state index < -0.39 is 6.29 Å². The Labute approximate surface area is 101 Å². The minimum atomic E-state index is -0.402. The summed E-state index contributed by atoms with van der Waals surface area (Å²) in [4.78, 5) is 11.8. The van der Waals surface area contributed by atoms with Gasteiger partial charge in [0.1, 0.15) is 5.76 Å². The van der Waals surface area contributed by atoms with Crippen LogP contribution in [0.4, 0.5) is 0 Å². The molecule has 5 nitrogen and oxygen atoms in total. The summed E-state index contributed by atoms with van der Waals surface area (Å²) in [6.07, 6.45) is 1.09. The Kier molecular flexibility index (Phi) is 5.72. The molecule has 1 aromatic heterocycles. The lowest BCUT2D eigenvalue weighted by Gasteiger charge is -2.17. The highest BCUT2D eigenvalue weighted by molar-refractivity contribution is 5.95. The van der Waals surface area contributed by atoms with Gasteiger partial charge in [0, 0.05) is 13.2 Å². The Balaban J connectivity index is 2.43. The first-order valence-corrected chi connectivity index (χ1v) is 5.74. The molecule has 0 aliphatic rings. The zero-order valence-corrected chi connectivity index (χ0v) is 10.5. The highest BCUT2D eigenvalue weighted by atomic mass is 16.7. The van der Waals surface area contributed by atoms with Crippen molar-refractivity contribution < 1.29 is 18.7 Å². The Morgan fingerprint density at radius 3 is 2.53 bits per heavy atom. The fourth-order valence-electron chi connectivity index (χ4n) is 1.43. The number of hydrogen-bond acceptors (Lipinski definition) is 4. The molecule has 17 heavy (non-hydrogen) atoms. The number of nitrogens with one attached hydrogen (secondary N) is 1. The molecule has 1 N–H and O–H groups in total. The Hall–Kier alpha value is -1.33. The third-order valence-electron chi connectivity index (χ3n) is 2.24. The lowest BCUT2D eigenvalue weighted by molar-refractivity contribution is -0.131. The molecule has 0 aliphatic carbocycles. The molecule has 5 heteroatoms. The molecular weight excluding hydrogens is 222 g/mol. The first-order valence-electron chi connectivity index (χ1n) is 5.74. The Morgan fingerprint density at radius 2 is 2.06 bits per heavy atom. The van der Waals surface area contributed by atoms with Gasteiger partial charge in [0.05, 0.1) is 18.4 Å². The van der Waals surface area contributed by atoms with Gasteiger partial charge in [-0.2, -0.15) is 0 Å². The third kappa shape index (κ3) is 4.20. The van der Waals surface area contributed by atoms with Gasteiger partial charge in [-0.05, 0) is 26.8 Å². The van der Waals surface area contributed by atoms with Crippen molar-refractivity contribution in [2.45, 2.75) is 27.1 Å². The fraction of sp³-hybridized carbons (Fsp3) is 0.583. The van der Waals surface area contributed by atoms with Crippen LogP contribution in [-0.2, 0) is 9.47 Å². The van der Waals surface area contributed by atoms with Crippen LogP contribution < -0.4 is 5.32 Å². The van der Waals surface area contributed by atoms with Crippen LogP contribution in [-0.4, -0.2) is 32.0 Å². The number of carbonyl (C=O) groups is 1. The molecule has 0 bridgehead atoms. The smallest absolute Gasteiger partial charge is 0.254 e. The molecule has 1 rings (SSSR count). The highest BCUT2D eigenvalue weighted by Gasteiger charge is 2.14. The minimum absolute atomic E-state index is 0.180. The summed E-state index contributed by atoms with van der Waals surface area (Å²) in [5.41, 5.74) is 0.539. The summed E-state index contributed by atoms with van der Waals surface area (Å²) < 4.78 is 15.7. The number of carbonyl (C=O) groups excluding carboxylic acids is 1. The largest absolute Gasteiger partial charge is 0.469 e. The fourth-order valence-corrected chi connectivity index (χ4v) is 1.43. The summed E-state index contributed by atoms with van der Waals surface area (Å²) in [6, 6.07) is 1.64. The van der Waals surface area contributed by atoms with E-state index in [2.05, 4.69) is 5.32 Å². The minimum Gasteiger partial charge on any atom is -0.469 e. The van der Waals surface area contributed by atoms with Crippen molar-refractivity contribution in [2.24, 2.45) is 0 Å². The molecule has 0 aromatic carbocycles. The van der Waals surface area contributed by atoms with Crippen LogP contribution in [0.15, 0.2) is 16.7 Å². The topological polar surface area (TPSA) is 60.7 Å². The number of amides is 1. The number of ether oxygens (including phenoxy) is 2. The van der Waals surface area contributed by atoms with E-state index in [4.69, 9.17) is 13.9 Å². The number of aryl methyl sites for hydroxylation is 1. The van der Waals surface area contributed by atoms with Crippen LogP contribution in [0.3, 0.4) is 0 Å². The van der Waals surface area contributed by atoms with Crippen LogP contribution in [0.1, 0.15) is 30.0 Å². The van der Waals surface area contributed by atoms with E-state index in [1.807, 2.05) is 13.8 Å². The van der Waals surface area contributed by atoms with Gasteiger partial charge in [-0.3, -0.25) is 4.79 Å². The maximum Gasteiger partial charge on any atom is 0.254 e. The average Bonchev–Trinajstić information content (AvgIpc) is 2.72. The van der Waals surface area contributed by atoms with Gasteiger partial charge in [-0.1, -0.05) is 0 Å². The summed E-state index contributed by atoms with van der Waals surface area (Å²) in [7, 11) is 0. The first-order chi connectivity index (χ1) is 8.19. The van der Waals surface area contributed by atoms with Crippen LogP contribution in [0.25, 0.3) is 0 Å². The molecule has 1 amide bonds. The number of furan rings is 1. The zero-order chi connectivity index (χ0) is 12.7. The molecule has 1 aromatic rings. The SMILES string of the molecule is CCOC(CNC(=O)c1ccoc1C)OCC. The third-order valence-corrected chi connectivity index (χ3v) is 2.24. The summed E-state index contributed by atoms with van der Waals surface area (Å²) in [5, 5.41) is 2.75. The molecule has 0 atom stereocenters. The van der Waals surface area contributed by atoms with Crippen molar-refractivity contribution in [1.29, 1.82) is 0 Å². The molecule has 0 unspecified atom stereocenters. The summed E-state index contributed by atoms with van der Waals surface area (Å²) >= 11 is 0. The predicted octanol–water partition coefficient (Wildman–Crippen LogP) is 1.72. The first kappa shape index (κ1) is 13.7. The molecular formula is C12H19NO4. The summed E-state index contributed by atoms with van der Waals surface area (Å²) in [6.45, 7) is 6.93. The van der Waals surface area contributed by atoms with Crippen molar-refractivity contribution in [3.8, 4) is 0 Å². The van der Waals surface area contributed by atoms with Gasteiger partial charge in [0.2, 0.25) is 0 Å². The Bertz CT molecular complexity index is 342. The number of hydrogen-bond donors (Lipinski definition) is 1. The normalized spacial score (nSPS) is 10.8. The molecule has 0 saturated carbocycles. The van der Waals surface area contributed by atoms with E-state index in [1.54, 1.807) is 13.0 Å². The monoisotopic (exact) mass is 241 g/mol. The second-order valence-corrected chi connectivity index (χ2v) is 3.44. The predicted molar refractivity (Wildman–Crippen MR) is 62.8 cm³/mol. The van der Waals surface area contributed by atoms with E-state index in [0.29, 0.717) is 31.1 Å². The van der Waals surface area contributed by atoms with Gasteiger partial charge < -0.3 is 19.2 Å².